The molecule has 1 aromatic carbocycles. The first kappa shape index (κ1) is 17.0. The number of nitrogens with one attached hydrogen (secondary N) is 1. The Hall–Kier alpha value is -1.88. The summed E-state index contributed by atoms with van der Waals surface area (Å²) in [5, 5.41) is 3.01. The van der Waals surface area contributed by atoms with E-state index in [4.69, 9.17) is 5.73 Å². The zero-order valence-electron chi connectivity index (χ0n) is 14.1. The number of nitrogens with two attached hydrogens (primary N) is 1. The Balaban J connectivity index is 1.43. The van der Waals surface area contributed by atoms with Gasteiger partial charge in [0.2, 0.25) is 11.8 Å². The summed E-state index contributed by atoms with van der Waals surface area (Å²) < 4.78 is 0. The van der Waals surface area contributed by atoms with Crippen molar-refractivity contribution in [1.29, 1.82) is 0 Å². The molecule has 2 unspecified atom stereocenters. The molecule has 2 atom stereocenters. The van der Waals surface area contributed by atoms with Gasteiger partial charge in [0, 0.05) is 37.5 Å². The summed E-state index contributed by atoms with van der Waals surface area (Å²) in [6.07, 6.45) is 4.19. The molecular formula is C19H27N3O2. The summed E-state index contributed by atoms with van der Waals surface area (Å²) >= 11 is 0. The van der Waals surface area contributed by atoms with Crippen molar-refractivity contribution in [2.45, 2.75) is 44.7 Å². The lowest BCUT2D eigenvalue weighted by atomic mass is 9.94. The maximum absolute atomic E-state index is 12.5. The van der Waals surface area contributed by atoms with Crippen LogP contribution in [0.5, 0.6) is 0 Å². The fourth-order valence-electron chi connectivity index (χ4n) is 3.79. The topological polar surface area (TPSA) is 75.4 Å². The van der Waals surface area contributed by atoms with Gasteiger partial charge in [0.15, 0.2) is 0 Å². The van der Waals surface area contributed by atoms with E-state index in [2.05, 4.69) is 5.32 Å². The lowest BCUT2D eigenvalue weighted by Crippen LogP contribution is -2.44. The quantitative estimate of drug-likeness (QED) is 0.882. The molecule has 24 heavy (non-hydrogen) atoms. The van der Waals surface area contributed by atoms with E-state index in [1.807, 2.05) is 35.2 Å². The predicted molar refractivity (Wildman–Crippen MR) is 92.9 cm³/mol. The summed E-state index contributed by atoms with van der Waals surface area (Å²) in [4.78, 5) is 26.8. The number of amides is 2. The highest BCUT2D eigenvalue weighted by atomic mass is 16.2. The number of carbonyl (C=O) groups is 2. The number of rotatable bonds is 4. The van der Waals surface area contributed by atoms with Crippen molar-refractivity contribution in [3.8, 4) is 0 Å². The van der Waals surface area contributed by atoms with Crippen molar-refractivity contribution in [3.63, 3.8) is 0 Å². The second-order valence-electron chi connectivity index (χ2n) is 7.07. The van der Waals surface area contributed by atoms with E-state index >= 15 is 0 Å². The Bertz CT molecular complexity index is 567. The van der Waals surface area contributed by atoms with Crippen molar-refractivity contribution in [2.75, 3.05) is 13.1 Å². The van der Waals surface area contributed by atoms with Gasteiger partial charge in [-0.2, -0.15) is 0 Å². The van der Waals surface area contributed by atoms with E-state index in [9.17, 15) is 9.59 Å². The minimum absolute atomic E-state index is 0.0172. The average Bonchev–Trinajstić information content (AvgIpc) is 3.06. The second-order valence-corrected chi connectivity index (χ2v) is 7.07. The average molecular weight is 329 g/mol. The number of carbonyl (C=O) groups excluding carboxylic acids is 2. The molecule has 0 bridgehead atoms. The first-order chi connectivity index (χ1) is 11.6. The van der Waals surface area contributed by atoms with E-state index < -0.39 is 0 Å². The molecule has 3 N–H and O–H groups in total. The zero-order chi connectivity index (χ0) is 16.9. The Morgan fingerprint density at radius 2 is 1.75 bits per heavy atom. The van der Waals surface area contributed by atoms with Crippen LogP contribution in [0.15, 0.2) is 30.3 Å². The van der Waals surface area contributed by atoms with Crippen LogP contribution in [0.2, 0.25) is 0 Å². The third-order valence-electron chi connectivity index (χ3n) is 5.31. The van der Waals surface area contributed by atoms with E-state index in [0.717, 1.165) is 37.7 Å². The lowest BCUT2D eigenvalue weighted by molar-refractivity contribution is -0.139. The van der Waals surface area contributed by atoms with Gasteiger partial charge in [-0.05, 0) is 37.7 Å². The molecule has 2 amide bonds. The van der Waals surface area contributed by atoms with Gasteiger partial charge in [-0.1, -0.05) is 30.3 Å². The van der Waals surface area contributed by atoms with Gasteiger partial charge in [-0.15, -0.1) is 0 Å². The highest BCUT2D eigenvalue weighted by Crippen LogP contribution is 2.28. The summed E-state index contributed by atoms with van der Waals surface area (Å²) in [5.74, 6) is 0.465. The molecule has 1 aromatic rings. The van der Waals surface area contributed by atoms with Crippen LogP contribution in [0.4, 0.5) is 0 Å². The third-order valence-corrected chi connectivity index (χ3v) is 5.31. The van der Waals surface area contributed by atoms with Crippen molar-refractivity contribution >= 4 is 11.8 Å². The van der Waals surface area contributed by atoms with Crippen LogP contribution in [0.1, 0.15) is 37.7 Å². The largest absolute Gasteiger partial charge is 0.352 e. The number of likely N-dealkylation sites (tertiary alicyclic amines) is 1. The van der Waals surface area contributed by atoms with Crippen LogP contribution in [-0.2, 0) is 16.1 Å². The Morgan fingerprint density at radius 1 is 1.04 bits per heavy atom. The maximum Gasteiger partial charge on any atom is 0.225 e. The molecule has 1 saturated carbocycles. The standard InChI is InChI=1S/C19H27N3O2/c20-17-7-6-16(12-17)19(24)22-10-8-15(9-11-22)18(23)21-13-14-4-2-1-3-5-14/h1-5,15-17H,6-13,20H2,(H,21,23). The molecule has 0 aromatic heterocycles. The van der Waals surface area contributed by atoms with Gasteiger partial charge in [0.1, 0.15) is 0 Å². The molecule has 1 heterocycles. The number of benzene rings is 1. The Morgan fingerprint density at radius 3 is 2.38 bits per heavy atom. The van der Waals surface area contributed by atoms with E-state index in [1.54, 1.807) is 0 Å². The number of hydrogen-bond acceptors (Lipinski definition) is 3. The van der Waals surface area contributed by atoms with Crippen LogP contribution >= 0.6 is 0 Å². The molecule has 1 aliphatic carbocycles. The van der Waals surface area contributed by atoms with Crippen molar-refractivity contribution in [2.24, 2.45) is 17.6 Å². The van der Waals surface area contributed by atoms with Crippen LogP contribution < -0.4 is 11.1 Å². The molecule has 2 aliphatic rings. The molecular weight excluding hydrogens is 302 g/mol. The van der Waals surface area contributed by atoms with E-state index in [-0.39, 0.29) is 29.7 Å². The number of piperidine rings is 1. The smallest absolute Gasteiger partial charge is 0.225 e. The molecule has 0 radical (unpaired) electrons. The molecule has 2 fully saturated rings. The predicted octanol–water partition coefficient (Wildman–Crippen LogP) is 1.67. The molecule has 5 nitrogen and oxygen atoms in total. The van der Waals surface area contributed by atoms with Gasteiger partial charge >= 0.3 is 0 Å². The maximum atomic E-state index is 12.5. The Labute approximate surface area is 143 Å². The van der Waals surface area contributed by atoms with E-state index in [0.29, 0.717) is 19.6 Å². The van der Waals surface area contributed by atoms with Crippen LogP contribution in [0, 0.1) is 11.8 Å². The highest BCUT2D eigenvalue weighted by molar-refractivity contribution is 5.81. The summed E-state index contributed by atoms with van der Waals surface area (Å²) in [7, 11) is 0. The molecule has 3 rings (SSSR count). The zero-order valence-corrected chi connectivity index (χ0v) is 14.1. The molecule has 130 valence electrons. The van der Waals surface area contributed by atoms with Gasteiger partial charge in [0.25, 0.3) is 0 Å². The number of nitrogens with zero attached hydrogens (tertiary/aromatic N) is 1. The normalized spacial score (nSPS) is 24.8. The van der Waals surface area contributed by atoms with Crippen molar-refractivity contribution < 1.29 is 9.59 Å². The second kappa shape index (κ2) is 7.79. The lowest BCUT2D eigenvalue weighted by Gasteiger charge is -2.33. The van der Waals surface area contributed by atoms with Gasteiger partial charge in [-0.3, -0.25) is 9.59 Å². The first-order valence-corrected chi connectivity index (χ1v) is 8.99. The number of hydrogen-bond donors (Lipinski definition) is 2. The minimum Gasteiger partial charge on any atom is -0.352 e. The first-order valence-electron chi connectivity index (χ1n) is 8.99. The summed E-state index contributed by atoms with van der Waals surface area (Å²) in [6, 6.07) is 10.1. The fraction of sp³-hybridized carbons (Fsp3) is 0.579. The summed E-state index contributed by atoms with van der Waals surface area (Å²) in [6.45, 7) is 1.95. The van der Waals surface area contributed by atoms with Crippen molar-refractivity contribution in [3.05, 3.63) is 35.9 Å². The van der Waals surface area contributed by atoms with Crippen molar-refractivity contribution in [1.82, 2.24) is 10.2 Å². The van der Waals surface area contributed by atoms with Gasteiger partial charge < -0.3 is 16.0 Å². The molecule has 1 saturated heterocycles. The monoisotopic (exact) mass is 329 g/mol. The van der Waals surface area contributed by atoms with Crippen LogP contribution in [-0.4, -0.2) is 35.8 Å². The molecule has 5 heteroatoms. The minimum atomic E-state index is 0.0172. The van der Waals surface area contributed by atoms with Gasteiger partial charge in [0.05, 0.1) is 0 Å². The third kappa shape index (κ3) is 4.15. The highest BCUT2D eigenvalue weighted by Gasteiger charge is 2.33. The van der Waals surface area contributed by atoms with Gasteiger partial charge in [-0.25, -0.2) is 0 Å². The molecule has 1 aliphatic heterocycles. The van der Waals surface area contributed by atoms with Crippen LogP contribution in [0.3, 0.4) is 0 Å². The SMILES string of the molecule is NC1CCC(C(=O)N2CCC(C(=O)NCc3ccccc3)CC2)C1. The summed E-state index contributed by atoms with van der Waals surface area (Å²) in [5.41, 5.74) is 7.02. The Kier molecular flexibility index (Phi) is 5.51. The van der Waals surface area contributed by atoms with Crippen LogP contribution in [0.25, 0.3) is 0 Å². The molecule has 0 spiro atoms. The van der Waals surface area contributed by atoms with E-state index in [1.165, 1.54) is 0 Å². The fourth-order valence-corrected chi connectivity index (χ4v) is 3.79.